The average molecular weight is 707 g/mol. The fourth-order valence-electron chi connectivity index (χ4n) is 9.04. The maximum absolute atomic E-state index is 13.8. The zero-order chi connectivity index (χ0) is 33.9. The van der Waals surface area contributed by atoms with E-state index < -0.39 is 21.9 Å². The number of hydrogen-bond acceptors (Lipinski definition) is 6. The van der Waals surface area contributed by atoms with E-state index in [0.717, 1.165) is 61.7 Å². The number of benzene rings is 2. The van der Waals surface area contributed by atoms with Crippen molar-refractivity contribution in [2.75, 3.05) is 31.7 Å². The monoisotopic (exact) mass is 706 g/mol. The van der Waals surface area contributed by atoms with E-state index in [1.807, 2.05) is 25.1 Å². The van der Waals surface area contributed by atoms with E-state index in [1.54, 1.807) is 13.2 Å². The van der Waals surface area contributed by atoms with Gasteiger partial charge in [0, 0.05) is 42.2 Å². The SMILES string of the molecule is CO[C@H]1/C=C/C[C@H](C)C(NC(=O)NC2CC2)/[SH](=O)=N\C(=O)c2ccc3c(c2)N(C[C@@H]2CC[C@H]21)C[C@]1(CO3)C[C@@H]2CC[C@@H]2c2cc(Cl)ccc21. The molecule has 2 aromatic rings. The number of amides is 3. The molecular weight excluding hydrogens is 660 g/mol. The second kappa shape index (κ2) is 13.2. The molecule has 9 nitrogen and oxygen atoms in total. The molecule has 2 aromatic carbocycles. The van der Waals surface area contributed by atoms with Crippen molar-refractivity contribution in [3.8, 4) is 5.75 Å². The first-order chi connectivity index (χ1) is 23.7. The molecule has 0 radical (unpaired) electrons. The fraction of sp³-hybridized carbons (Fsp3) is 0.579. The van der Waals surface area contributed by atoms with Crippen molar-refractivity contribution in [3.63, 3.8) is 0 Å². The number of hydrogen-bond donors (Lipinski definition) is 3. The van der Waals surface area contributed by atoms with E-state index in [2.05, 4.69) is 44.2 Å². The van der Waals surface area contributed by atoms with Crippen LogP contribution >= 0.6 is 11.6 Å². The molecule has 11 heteroatoms. The van der Waals surface area contributed by atoms with Gasteiger partial charge in [-0.2, -0.15) is 4.36 Å². The second-order valence-corrected chi connectivity index (χ2v) is 17.2. The predicted molar refractivity (Wildman–Crippen MR) is 192 cm³/mol. The predicted octanol–water partition coefficient (Wildman–Crippen LogP) is 6.60. The lowest BCUT2D eigenvalue weighted by Crippen LogP contribution is -2.52. The number of carbonyl (C=O) groups is 2. The molecule has 2 unspecified atom stereocenters. The number of carbonyl (C=O) groups excluding carboxylic acids is 2. The van der Waals surface area contributed by atoms with E-state index >= 15 is 0 Å². The largest absolute Gasteiger partial charge is 0.490 e. The minimum atomic E-state index is -2.46. The number of urea groups is 1. The van der Waals surface area contributed by atoms with Gasteiger partial charge in [0.05, 0.1) is 29.0 Å². The summed E-state index contributed by atoms with van der Waals surface area (Å²) in [5, 5.41) is 5.78. The first-order valence-corrected chi connectivity index (χ1v) is 19.7. The second-order valence-electron chi connectivity index (χ2n) is 15.4. The van der Waals surface area contributed by atoms with Crippen molar-refractivity contribution in [3.05, 3.63) is 70.3 Å². The van der Waals surface area contributed by atoms with E-state index in [-0.39, 0.29) is 29.5 Å². The number of thiol groups is 1. The van der Waals surface area contributed by atoms with E-state index in [9.17, 15) is 13.8 Å². The summed E-state index contributed by atoms with van der Waals surface area (Å²) in [7, 11) is -0.685. The normalized spacial score (nSPS) is 36.2. The highest BCUT2D eigenvalue weighted by molar-refractivity contribution is 7.76. The van der Waals surface area contributed by atoms with Gasteiger partial charge in [0.15, 0.2) is 0 Å². The minimum absolute atomic E-state index is 0.0558. The van der Waals surface area contributed by atoms with Gasteiger partial charge in [0.2, 0.25) is 0 Å². The van der Waals surface area contributed by atoms with Gasteiger partial charge in [-0.1, -0.05) is 36.7 Å². The topological polar surface area (TPSA) is 109 Å². The molecule has 6 aliphatic rings. The standard InChI is InChI=1S/C38H47ClN4O5S/c1-22-4-3-5-33(47-2)29-13-7-25(29)19-43-20-38(18-24-6-12-28(24)30-17-26(39)9-14-31(30)38)21-48-34-15-8-23(16-32(34)43)35(44)42-49(46)36(22)41-37(45)40-27-10-11-27/h3,5,8-9,14-17,22,24-25,27-29,33,36,49H,4,6-7,10-13,18-21H2,1-2H3,(H2,40,41,45)/b5-3+/t22-,24-,25-,28-,29+,33-,36?,38-/m0/s1. The lowest BCUT2D eigenvalue weighted by atomic mass is 9.55. The molecule has 2 N–H and O–H groups in total. The highest BCUT2D eigenvalue weighted by Crippen LogP contribution is 2.57. The van der Waals surface area contributed by atoms with E-state index in [0.29, 0.717) is 42.3 Å². The average Bonchev–Trinajstić information content (AvgIpc) is 3.89. The summed E-state index contributed by atoms with van der Waals surface area (Å²) in [5.74, 6) is 1.86. The molecule has 8 rings (SSSR count). The molecule has 9 atom stereocenters. The minimum Gasteiger partial charge on any atom is -0.490 e. The van der Waals surface area contributed by atoms with Gasteiger partial charge in [0.25, 0.3) is 5.91 Å². The van der Waals surface area contributed by atoms with Gasteiger partial charge in [-0.05, 0) is 122 Å². The summed E-state index contributed by atoms with van der Waals surface area (Å²) in [6.45, 7) is 4.06. The van der Waals surface area contributed by atoms with Gasteiger partial charge in [-0.15, -0.1) is 0 Å². The lowest BCUT2D eigenvalue weighted by Gasteiger charge is -2.52. The number of methoxy groups -OCH3 is 1. The van der Waals surface area contributed by atoms with Gasteiger partial charge in [0.1, 0.15) is 11.1 Å². The molecule has 2 bridgehead atoms. The third-order valence-electron chi connectivity index (χ3n) is 12.2. The molecule has 3 saturated carbocycles. The van der Waals surface area contributed by atoms with Crippen LogP contribution in [0.3, 0.4) is 0 Å². The smallest absolute Gasteiger partial charge is 0.315 e. The van der Waals surface area contributed by atoms with Crippen molar-refractivity contribution >= 4 is 39.8 Å². The van der Waals surface area contributed by atoms with Crippen molar-refractivity contribution in [2.24, 2.45) is 28.0 Å². The first-order valence-electron chi connectivity index (χ1n) is 18.0. The van der Waals surface area contributed by atoms with Gasteiger partial charge < -0.3 is 25.0 Å². The van der Waals surface area contributed by atoms with E-state index in [1.165, 1.54) is 24.0 Å². The Morgan fingerprint density at radius 1 is 1.08 bits per heavy atom. The zero-order valence-corrected chi connectivity index (χ0v) is 29.9. The Balaban J connectivity index is 1.18. The van der Waals surface area contributed by atoms with Crippen molar-refractivity contribution in [1.82, 2.24) is 10.6 Å². The first kappa shape index (κ1) is 33.1. The van der Waals surface area contributed by atoms with Crippen LogP contribution in [-0.2, 0) is 20.7 Å². The number of nitrogens with one attached hydrogen (secondary N) is 2. The fourth-order valence-corrected chi connectivity index (χ4v) is 10.4. The number of fused-ring (bicyclic) bond motifs is 6. The summed E-state index contributed by atoms with van der Waals surface area (Å²) in [6, 6.07) is 11.7. The number of allylic oxidation sites excluding steroid dienone is 1. The van der Waals surface area contributed by atoms with Gasteiger partial charge in [-0.3, -0.25) is 9.00 Å². The van der Waals surface area contributed by atoms with Crippen LogP contribution in [0.4, 0.5) is 10.5 Å². The summed E-state index contributed by atoms with van der Waals surface area (Å²) in [5.41, 5.74) is 3.71. The van der Waals surface area contributed by atoms with Gasteiger partial charge >= 0.3 is 6.03 Å². The molecule has 49 heavy (non-hydrogen) atoms. The van der Waals surface area contributed by atoms with Crippen molar-refractivity contribution in [2.45, 2.75) is 87.1 Å². The Labute approximate surface area is 295 Å². The Bertz CT molecular complexity index is 1760. The van der Waals surface area contributed by atoms with Crippen LogP contribution in [0.5, 0.6) is 5.75 Å². The molecular formula is C38H47ClN4O5S. The molecule has 3 amide bonds. The molecule has 2 heterocycles. The van der Waals surface area contributed by atoms with Crippen LogP contribution < -0.4 is 20.3 Å². The summed E-state index contributed by atoms with van der Waals surface area (Å²) in [6.07, 6.45) is 12.2. The molecule has 262 valence electrons. The van der Waals surface area contributed by atoms with E-state index in [4.69, 9.17) is 21.1 Å². The zero-order valence-electron chi connectivity index (χ0n) is 28.3. The van der Waals surface area contributed by atoms with Crippen LogP contribution in [0.2, 0.25) is 5.02 Å². The number of anilines is 1. The number of halogens is 1. The Hall–Kier alpha value is -3.08. The third kappa shape index (κ3) is 6.38. The maximum Gasteiger partial charge on any atom is 0.315 e. The Morgan fingerprint density at radius 2 is 1.92 bits per heavy atom. The lowest BCUT2D eigenvalue weighted by molar-refractivity contribution is 0.0129. The molecule has 3 fully saturated rings. The molecule has 2 aliphatic heterocycles. The highest BCUT2D eigenvalue weighted by atomic mass is 35.5. The highest BCUT2D eigenvalue weighted by Gasteiger charge is 2.51. The molecule has 4 aliphatic carbocycles. The van der Waals surface area contributed by atoms with Crippen LogP contribution in [0.1, 0.15) is 85.7 Å². The molecule has 0 saturated heterocycles. The van der Waals surface area contributed by atoms with Gasteiger partial charge in [-0.25, -0.2) is 4.79 Å². The number of rotatable bonds is 3. The number of nitrogens with zero attached hydrogens (tertiary/aromatic N) is 2. The molecule has 0 aromatic heterocycles. The van der Waals surface area contributed by atoms with Crippen molar-refractivity contribution in [1.29, 1.82) is 0 Å². The Morgan fingerprint density at radius 3 is 2.65 bits per heavy atom. The summed E-state index contributed by atoms with van der Waals surface area (Å²) in [4.78, 5) is 29.0. The summed E-state index contributed by atoms with van der Waals surface area (Å²) >= 11 is 6.57. The Kier molecular flexibility index (Phi) is 8.94. The quantitative estimate of drug-likeness (QED) is 0.245. The van der Waals surface area contributed by atoms with Crippen LogP contribution in [0.15, 0.2) is 52.9 Å². The van der Waals surface area contributed by atoms with Crippen molar-refractivity contribution < 1.29 is 23.3 Å². The maximum atomic E-state index is 13.8. The van der Waals surface area contributed by atoms with Crippen LogP contribution in [0.25, 0.3) is 0 Å². The van der Waals surface area contributed by atoms with Crippen LogP contribution in [-0.4, -0.2) is 60.5 Å². The summed E-state index contributed by atoms with van der Waals surface area (Å²) < 4.78 is 30.8. The van der Waals surface area contributed by atoms with Crippen LogP contribution in [0, 0.1) is 23.7 Å². The third-order valence-corrected chi connectivity index (χ3v) is 13.9. The number of ether oxygens (including phenoxy) is 2. The molecule has 1 spiro atoms.